The van der Waals surface area contributed by atoms with Crippen LogP contribution >= 0.6 is 0 Å². The van der Waals surface area contributed by atoms with Crippen molar-refractivity contribution in [2.24, 2.45) is 0 Å². The second-order valence-electron chi connectivity index (χ2n) is 24.9. The van der Waals surface area contributed by atoms with Gasteiger partial charge in [0.1, 0.15) is 13.2 Å². The number of allylic oxidation sites excluding steroid dienone is 4. The van der Waals surface area contributed by atoms with Crippen LogP contribution in [0.3, 0.4) is 0 Å². The molecular formula is C74H140O6. The zero-order valence-corrected chi connectivity index (χ0v) is 54.4. The SMILES string of the molecule is CCCCCCCCC/C=C\CCCCCCCC(=O)OCC(COC(=O)CCCCCCCCCCCCCCCCCCC/C=C\CCCCCCCCCC)OC(=O)CCCCCCCCCCCCCCCCCCC. The summed E-state index contributed by atoms with van der Waals surface area (Å²) in [7, 11) is 0. The van der Waals surface area contributed by atoms with Crippen molar-refractivity contribution in [2.75, 3.05) is 13.2 Å². The van der Waals surface area contributed by atoms with Crippen molar-refractivity contribution < 1.29 is 28.6 Å². The first-order valence-electron chi connectivity index (χ1n) is 36.3. The van der Waals surface area contributed by atoms with E-state index in [1.807, 2.05) is 0 Å². The molecule has 0 amide bonds. The molecule has 0 aliphatic rings. The lowest BCUT2D eigenvalue weighted by atomic mass is 10.0. The highest BCUT2D eigenvalue weighted by atomic mass is 16.6. The molecule has 0 spiro atoms. The van der Waals surface area contributed by atoms with Crippen LogP contribution < -0.4 is 0 Å². The average molecular weight is 1130 g/mol. The van der Waals surface area contributed by atoms with E-state index in [1.165, 1.54) is 308 Å². The van der Waals surface area contributed by atoms with Crippen LogP contribution in [0.5, 0.6) is 0 Å². The first kappa shape index (κ1) is 77.9. The van der Waals surface area contributed by atoms with Gasteiger partial charge in [0.15, 0.2) is 6.10 Å². The first-order chi connectivity index (χ1) is 39.5. The van der Waals surface area contributed by atoms with Crippen molar-refractivity contribution in [1.29, 1.82) is 0 Å². The van der Waals surface area contributed by atoms with Crippen molar-refractivity contribution in [3.63, 3.8) is 0 Å². The van der Waals surface area contributed by atoms with Gasteiger partial charge in [-0.1, -0.05) is 347 Å². The third-order valence-electron chi connectivity index (χ3n) is 16.7. The molecule has 0 aromatic carbocycles. The Hall–Kier alpha value is -2.11. The maximum absolute atomic E-state index is 12.9. The van der Waals surface area contributed by atoms with Gasteiger partial charge < -0.3 is 14.2 Å². The monoisotopic (exact) mass is 1130 g/mol. The Labute approximate surface area is 500 Å². The molecule has 1 unspecified atom stereocenters. The molecule has 6 heteroatoms. The highest BCUT2D eigenvalue weighted by Gasteiger charge is 2.19. The summed E-state index contributed by atoms with van der Waals surface area (Å²) in [5.41, 5.74) is 0. The molecule has 0 aromatic heterocycles. The Morgan fingerprint density at radius 3 is 0.625 bits per heavy atom. The molecule has 0 saturated carbocycles. The zero-order chi connectivity index (χ0) is 57.8. The smallest absolute Gasteiger partial charge is 0.306 e. The molecule has 6 nitrogen and oxygen atoms in total. The Morgan fingerprint density at radius 2 is 0.412 bits per heavy atom. The van der Waals surface area contributed by atoms with Crippen LogP contribution in [0.1, 0.15) is 412 Å². The number of carbonyl (C=O) groups excluding carboxylic acids is 3. The Bertz CT molecular complexity index is 1290. The highest BCUT2D eigenvalue weighted by Crippen LogP contribution is 2.19. The highest BCUT2D eigenvalue weighted by molar-refractivity contribution is 5.71. The van der Waals surface area contributed by atoms with E-state index >= 15 is 0 Å². The minimum absolute atomic E-state index is 0.0673. The molecule has 472 valence electrons. The Kier molecular flexibility index (Phi) is 67.6. The third kappa shape index (κ3) is 66.7. The molecular weight excluding hydrogens is 985 g/mol. The molecule has 0 aliphatic carbocycles. The number of hydrogen-bond donors (Lipinski definition) is 0. The maximum Gasteiger partial charge on any atom is 0.306 e. The van der Waals surface area contributed by atoms with E-state index < -0.39 is 6.10 Å². The van der Waals surface area contributed by atoms with Crippen LogP contribution in [0.25, 0.3) is 0 Å². The lowest BCUT2D eigenvalue weighted by Crippen LogP contribution is -2.30. The van der Waals surface area contributed by atoms with E-state index in [9.17, 15) is 14.4 Å². The van der Waals surface area contributed by atoms with Crippen molar-refractivity contribution >= 4 is 17.9 Å². The van der Waals surface area contributed by atoms with E-state index in [0.717, 1.165) is 64.2 Å². The lowest BCUT2D eigenvalue weighted by molar-refractivity contribution is -0.167. The minimum Gasteiger partial charge on any atom is -0.462 e. The summed E-state index contributed by atoms with van der Waals surface area (Å²) in [5, 5.41) is 0. The first-order valence-corrected chi connectivity index (χ1v) is 36.3. The summed E-state index contributed by atoms with van der Waals surface area (Å²) in [5.74, 6) is -0.842. The molecule has 0 aromatic rings. The average Bonchev–Trinajstić information content (AvgIpc) is 3.46. The standard InChI is InChI=1S/C74H140O6/c1-4-7-10-13-16-19-22-25-28-31-32-33-34-35-36-37-38-39-40-41-42-44-46-49-52-55-58-61-64-67-73(76)79-70-71(69-78-72(75)66-63-60-57-54-51-48-45-30-27-24-21-18-15-12-9-6-3)80-74(77)68-65-62-59-56-53-50-47-43-29-26-23-20-17-14-11-8-5-2/h30-32,45,71H,4-29,33-44,46-70H2,1-3H3/b32-31-,45-30-. The Balaban J connectivity index is 4.20. The summed E-state index contributed by atoms with van der Waals surface area (Å²) in [6.45, 7) is 6.72. The van der Waals surface area contributed by atoms with E-state index in [0.29, 0.717) is 19.3 Å². The second kappa shape index (κ2) is 69.4. The summed E-state index contributed by atoms with van der Waals surface area (Å²) in [4.78, 5) is 38.4. The molecule has 0 bridgehead atoms. The van der Waals surface area contributed by atoms with Crippen LogP contribution in [0.15, 0.2) is 24.3 Å². The van der Waals surface area contributed by atoms with Gasteiger partial charge in [0.25, 0.3) is 0 Å². The lowest BCUT2D eigenvalue weighted by Gasteiger charge is -2.18. The third-order valence-corrected chi connectivity index (χ3v) is 16.7. The van der Waals surface area contributed by atoms with E-state index in [-0.39, 0.29) is 31.1 Å². The summed E-state index contributed by atoms with van der Waals surface area (Å²) < 4.78 is 17.0. The van der Waals surface area contributed by atoms with Gasteiger partial charge in [-0.15, -0.1) is 0 Å². The van der Waals surface area contributed by atoms with Crippen molar-refractivity contribution in [1.82, 2.24) is 0 Å². The quantitative estimate of drug-likeness (QED) is 0.0261. The van der Waals surface area contributed by atoms with Gasteiger partial charge in [0, 0.05) is 19.3 Å². The fourth-order valence-corrected chi connectivity index (χ4v) is 11.2. The topological polar surface area (TPSA) is 78.9 Å². The molecule has 0 aliphatic heterocycles. The van der Waals surface area contributed by atoms with Crippen LogP contribution in [0, 0.1) is 0 Å². The van der Waals surface area contributed by atoms with E-state index in [1.54, 1.807) is 0 Å². The van der Waals surface area contributed by atoms with Crippen LogP contribution in [-0.2, 0) is 28.6 Å². The molecule has 0 heterocycles. The van der Waals surface area contributed by atoms with Crippen molar-refractivity contribution in [2.45, 2.75) is 419 Å². The largest absolute Gasteiger partial charge is 0.462 e. The molecule has 0 fully saturated rings. The molecule has 0 N–H and O–H groups in total. The molecule has 80 heavy (non-hydrogen) atoms. The summed E-state index contributed by atoms with van der Waals surface area (Å²) in [6, 6.07) is 0. The molecule has 0 rings (SSSR count). The van der Waals surface area contributed by atoms with Crippen LogP contribution in [-0.4, -0.2) is 37.2 Å². The predicted octanol–water partition coefficient (Wildman–Crippen LogP) is 25.0. The minimum atomic E-state index is -0.771. The Morgan fingerprint density at radius 1 is 0.237 bits per heavy atom. The number of esters is 3. The van der Waals surface area contributed by atoms with Gasteiger partial charge in [-0.2, -0.15) is 0 Å². The second-order valence-corrected chi connectivity index (χ2v) is 24.9. The van der Waals surface area contributed by atoms with Crippen molar-refractivity contribution in [3.05, 3.63) is 24.3 Å². The number of ether oxygens (including phenoxy) is 3. The van der Waals surface area contributed by atoms with Gasteiger partial charge in [-0.05, 0) is 70.6 Å². The maximum atomic E-state index is 12.9. The van der Waals surface area contributed by atoms with Gasteiger partial charge in [0.2, 0.25) is 0 Å². The van der Waals surface area contributed by atoms with E-state index in [2.05, 4.69) is 45.1 Å². The van der Waals surface area contributed by atoms with Gasteiger partial charge in [-0.3, -0.25) is 14.4 Å². The zero-order valence-electron chi connectivity index (χ0n) is 54.4. The van der Waals surface area contributed by atoms with Crippen LogP contribution in [0.4, 0.5) is 0 Å². The number of hydrogen-bond acceptors (Lipinski definition) is 6. The normalized spacial score (nSPS) is 12.1. The molecule has 0 saturated heterocycles. The molecule has 0 radical (unpaired) electrons. The van der Waals surface area contributed by atoms with Crippen LogP contribution in [0.2, 0.25) is 0 Å². The van der Waals surface area contributed by atoms with Gasteiger partial charge >= 0.3 is 17.9 Å². The number of rotatable bonds is 68. The summed E-state index contributed by atoms with van der Waals surface area (Å²) >= 11 is 0. The summed E-state index contributed by atoms with van der Waals surface area (Å²) in [6.07, 6.45) is 85.0. The number of unbranched alkanes of at least 4 members (excludes halogenated alkanes) is 53. The molecule has 1 atom stereocenters. The van der Waals surface area contributed by atoms with Crippen molar-refractivity contribution in [3.8, 4) is 0 Å². The van der Waals surface area contributed by atoms with Gasteiger partial charge in [0.05, 0.1) is 0 Å². The number of carbonyl (C=O) groups is 3. The van der Waals surface area contributed by atoms with Gasteiger partial charge in [-0.25, -0.2) is 0 Å². The van der Waals surface area contributed by atoms with E-state index in [4.69, 9.17) is 14.2 Å². The fourth-order valence-electron chi connectivity index (χ4n) is 11.2. The fraction of sp³-hybridized carbons (Fsp3) is 0.905. The predicted molar refractivity (Wildman–Crippen MR) is 349 cm³/mol.